The van der Waals surface area contributed by atoms with E-state index in [0.717, 1.165) is 16.9 Å². The van der Waals surface area contributed by atoms with Crippen molar-refractivity contribution in [1.29, 1.82) is 0 Å². The molecule has 2 aromatic rings. The van der Waals surface area contributed by atoms with Crippen LogP contribution in [0.15, 0.2) is 36.4 Å². The lowest BCUT2D eigenvalue weighted by Gasteiger charge is -2.17. The van der Waals surface area contributed by atoms with E-state index in [1.807, 2.05) is 13.0 Å². The molecule has 2 rings (SSSR count). The van der Waals surface area contributed by atoms with Gasteiger partial charge in [-0.2, -0.15) is 0 Å². The second-order valence-corrected chi connectivity index (χ2v) is 5.69. The van der Waals surface area contributed by atoms with Gasteiger partial charge in [0.25, 0.3) is 0 Å². The van der Waals surface area contributed by atoms with Gasteiger partial charge in [0.2, 0.25) is 0 Å². The van der Waals surface area contributed by atoms with Crippen LogP contribution in [-0.4, -0.2) is 6.61 Å². The van der Waals surface area contributed by atoms with E-state index in [1.165, 1.54) is 16.7 Å². The molecular formula is C18H21ClO. The number of rotatable bonds is 4. The zero-order valence-electron chi connectivity index (χ0n) is 12.5. The molecule has 0 heterocycles. The van der Waals surface area contributed by atoms with E-state index in [2.05, 4.69) is 51.1 Å². The largest absolute Gasteiger partial charge is 0.494 e. The van der Waals surface area contributed by atoms with E-state index in [9.17, 15) is 0 Å². The van der Waals surface area contributed by atoms with Gasteiger partial charge in [-0.25, -0.2) is 0 Å². The minimum absolute atomic E-state index is 0.185. The first-order valence-electron chi connectivity index (χ1n) is 6.97. The summed E-state index contributed by atoms with van der Waals surface area (Å²) < 4.78 is 5.71. The summed E-state index contributed by atoms with van der Waals surface area (Å²) in [6.45, 7) is 8.90. The number of hydrogen-bond donors (Lipinski definition) is 0. The number of halogens is 1. The highest BCUT2D eigenvalue weighted by molar-refractivity contribution is 6.22. The Morgan fingerprint density at radius 1 is 0.950 bits per heavy atom. The van der Waals surface area contributed by atoms with Gasteiger partial charge in [-0.3, -0.25) is 0 Å². The van der Waals surface area contributed by atoms with Crippen molar-refractivity contribution in [3.63, 3.8) is 0 Å². The standard InChI is InChI=1S/C18H21ClO/c1-5-20-17-7-6-12(2)11-16(17)18(19)15-9-13(3)8-14(4)10-15/h6-11,18H,5H2,1-4H3. The Morgan fingerprint density at radius 2 is 1.60 bits per heavy atom. The molecule has 0 aromatic heterocycles. The SMILES string of the molecule is CCOc1ccc(C)cc1C(Cl)c1cc(C)cc(C)c1. The molecule has 0 radical (unpaired) electrons. The van der Waals surface area contributed by atoms with E-state index >= 15 is 0 Å². The molecule has 2 aromatic carbocycles. The van der Waals surface area contributed by atoms with Gasteiger partial charge in [0.05, 0.1) is 12.0 Å². The second kappa shape index (κ2) is 6.32. The Labute approximate surface area is 126 Å². The lowest BCUT2D eigenvalue weighted by Crippen LogP contribution is -2.01. The third-order valence-corrected chi connectivity index (χ3v) is 3.76. The van der Waals surface area contributed by atoms with Crippen molar-refractivity contribution in [3.8, 4) is 5.75 Å². The van der Waals surface area contributed by atoms with Crippen molar-refractivity contribution in [3.05, 3.63) is 64.2 Å². The van der Waals surface area contributed by atoms with Gasteiger partial charge in [0.15, 0.2) is 0 Å². The Morgan fingerprint density at radius 3 is 2.20 bits per heavy atom. The summed E-state index contributed by atoms with van der Waals surface area (Å²) in [5, 5.41) is -0.185. The smallest absolute Gasteiger partial charge is 0.124 e. The van der Waals surface area contributed by atoms with Crippen molar-refractivity contribution in [2.75, 3.05) is 6.61 Å². The highest BCUT2D eigenvalue weighted by atomic mass is 35.5. The van der Waals surface area contributed by atoms with E-state index < -0.39 is 0 Å². The molecule has 0 amide bonds. The van der Waals surface area contributed by atoms with Gasteiger partial charge in [0.1, 0.15) is 5.75 Å². The van der Waals surface area contributed by atoms with Gasteiger partial charge in [-0.1, -0.05) is 47.0 Å². The molecule has 0 saturated heterocycles. The van der Waals surface area contributed by atoms with Crippen molar-refractivity contribution in [2.24, 2.45) is 0 Å². The maximum absolute atomic E-state index is 6.71. The van der Waals surface area contributed by atoms with Crippen LogP contribution in [0.25, 0.3) is 0 Å². The first-order valence-corrected chi connectivity index (χ1v) is 7.40. The van der Waals surface area contributed by atoms with Crippen LogP contribution in [0, 0.1) is 20.8 Å². The number of aryl methyl sites for hydroxylation is 3. The summed E-state index contributed by atoms with van der Waals surface area (Å²) in [6, 6.07) is 12.6. The quantitative estimate of drug-likeness (QED) is 0.690. The van der Waals surface area contributed by atoms with Crippen LogP contribution in [0.5, 0.6) is 5.75 Å². The van der Waals surface area contributed by atoms with Gasteiger partial charge in [0, 0.05) is 5.56 Å². The highest BCUT2D eigenvalue weighted by Crippen LogP contribution is 2.36. The molecule has 0 aliphatic heterocycles. The van der Waals surface area contributed by atoms with Gasteiger partial charge in [-0.05, 0) is 39.3 Å². The average molecular weight is 289 g/mol. The van der Waals surface area contributed by atoms with Crippen molar-refractivity contribution in [1.82, 2.24) is 0 Å². The van der Waals surface area contributed by atoms with E-state index in [4.69, 9.17) is 16.3 Å². The van der Waals surface area contributed by atoms with Crippen LogP contribution >= 0.6 is 11.6 Å². The Balaban J connectivity index is 2.46. The molecule has 0 N–H and O–H groups in total. The van der Waals surface area contributed by atoms with Gasteiger partial charge >= 0.3 is 0 Å². The summed E-state index contributed by atoms with van der Waals surface area (Å²) >= 11 is 6.71. The zero-order valence-corrected chi connectivity index (χ0v) is 13.3. The molecule has 0 aliphatic rings. The van der Waals surface area contributed by atoms with Crippen LogP contribution in [0.2, 0.25) is 0 Å². The highest BCUT2D eigenvalue weighted by Gasteiger charge is 2.16. The monoisotopic (exact) mass is 288 g/mol. The fourth-order valence-electron chi connectivity index (χ4n) is 2.49. The van der Waals surface area contributed by atoms with Crippen molar-refractivity contribution >= 4 is 11.6 Å². The minimum atomic E-state index is -0.185. The normalized spacial score (nSPS) is 12.2. The molecule has 106 valence electrons. The summed E-state index contributed by atoms with van der Waals surface area (Å²) in [7, 11) is 0. The second-order valence-electron chi connectivity index (χ2n) is 5.26. The number of alkyl halides is 1. The molecule has 0 bridgehead atoms. The summed E-state index contributed by atoms with van der Waals surface area (Å²) in [6.07, 6.45) is 0. The molecule has 2 heteroatoms. The molecule has 0 aliphatic carbocycles. The maximum Gasteiger partial charge on any atom is 0.124 e. The predicted molar refractivity (Wildman–Crippen MR) is 86.0 cm³/mol. The van der Waals surface area contributed by atoms with E-state index in [-0.39, 0.29) is 5.38 Å². The molecule has 0 saturated carbocycles. The topological polar surface area (TPSA) is 9.23 Å². The fraction of sp³-hybridized carbons (Fsp3) is 0.333. The number of benzene rings is 2. The average Bonchev–Trinajstić information content (AvgIpc) is 2.39. The lowest BCUT2D eigenvalue weighted by molar-refractivity contribution is 0.337. The van der Waals surface area contributed by atoms with Gasteiger partial charge in [-0.15, -0.1) is 11.6 Å². The van der Waals surface area contributed by atoms with E-state index in [0.29, 0.717) is 6.61 Å². The van der Waals surface area contributed by atoms with Crippen LogP contribution in [0.4, 0.5) is 0 Å². The zero-order chi connectivity index (χ0) is 14.7. The van der Waals surface area contributed by atoms with Crippen LogP contribution < -0.4 is 4.74 Å². The fourth-order valence-corrected chi connectivity index (χ4v) is 2.79. The Bertz CT molecular complexity index is 584. The summed E-state index contributed by atoms with van der Waals surface area (Å²) in [5.41, 5.74) is 5.82. The van der Waals surface area contributed by atoms with E-state index in [1.54, 1.807) is 0 Å². The third kappa shape index (κ3) is 3.34. The van der Waals surface area contributed by atoms with Gasteiger partial charge < -0.3 is 4.74 Å². The van der Waals surface area contributed by atoms with Crippen LogP contribution in [0.1, 0.15) is 40.1 Å². The lowest BCUT2D eigenvalue weighted by atomic mass is 9.98. The molecular weight excluding hydrogens is 268 g/mol. The predicted octanol–water partition coefficient (Wildman–Crippen LogP) is 5.34. The van der Waals surface area contributed by atoms with Crippen LogP contribution in [-0.2, 0) is 0 Å². The molecule has 0 spiro atoms. The Hall–Kier alpha value is -1.47. The molecule has 1 nitrogen and oxygen atoms in total. The molecule has 1 atom stereocenters. The molecule has 20 heavy (non-hydrogen) atoms. The number of ether oxygens (including phenoxy) is 1. The Kier molecular flexibility index (Phi) is 4.72. The van der Waals surface area contributed by atoms with Crippen molar-refractivity contribution in [2.45, 2.75) is 33.1 Å². The van der Waals surface area contributed by atoms with Crippen LogP contribution in [0.3, 0.4) is 0 Å². The number of hydrogen-bond acceptors (Lipinski definition) is 1. The summed E-state index contributed by atoms with van der Waals surface area (Å²) in [4.78, 5) is 0. The first kappa shape index (κ1) is 14.9. The third-order valence-electron chi connectivity index (χ3n) is 3.27. The van der Waals surface area contributed by atoms with Crippen molar-refractivity contribution < 1.29 is 4.74 Å². The minimum Gasteiger partial charge on any atom is -0.494 e. The maximum atomic E-state index is 6.71. The summed E-state index contributed by atoms with van der Waals surface area (Å²) in [5.74, 6) is 0.872. The molecule has 1 unspecified atom stereocenters. The first-order chi connectivity index (χ1) is 9.51. The molecule has 0 fully saturated rings.